The SMILES string of the molecule is CC(C)NS(=O)(=O)N1CCCC1C(=O)O. The van der Waals surface area contributed by atoms with Crippen molar-refractivity contribution in [3.63, 3.8) is 0 Å². The van der Waals surface area contributed by atoms with Crippen LogP contribution in [0, 0.1) is 0 Å². The molecular weight excluding hydrogens is 220 g/mol. The van der Waals surface area contributed by atoms with Gasteiger partial charge in [-0.2, -0.15) is 17.4 Å². The van der Waals surface area contributed by atoms with Crippen LogP contribution < -0.4 is 4.72 Å². The molecular formula is C8H16N2O4S. The highest BCUT2D eigenvalue weighted by molar-refractivity contribution is 7.87. The van der Waals surface area contributed by atoms with Gasteiger partial charge in [0.15, 0.2) is 0 Å². The average Bonchev–Trinajstić information content (AvgIpc) is 2.48. The Kier molecular flexibility index (Phi) is 3.69. The van der Waals surface area contributed by atoms with Crippen molar-refractivity contribution < 1.29 is 18.3 Å². The van der Waals surface area contributed by atoms with E-state index in [-0.39, 0.29) is 12.6 Å². The molecule has 1 heterocycles. The summed E-state index contributed by atoms with van der Waals surface area (Å²) in [6, 6.07) is -1.15. The minimum atomic E-state index is -3.65. The highest BCUT2D eigenvalue weighted by Gasteiger charge is 2.38. The highest BCUT2D eigenvalue weighted by atomic mass is 32.2. The molecule has 1 aliphatic rings. The minimum Gasteiger partial charge on any atom is -0.480 e. The Morgan fingerprint density at radius 3 is 2.60 bits per heavy atom. The molecule has 1 atom stereocenters. The van der Waals surface area contributed by atoms with E-state index in [1.165, 1.54) is 0 Å². The first kappa shape index (κ1) is 12.4. The average molecular weight is 236 g/mol. The fraction of sp³-hybridized carbons (Fsp3) is 0.875. The van der Waals surface area contributed by atoms with Gasteiger partial charge in [-0.25, -0.2) is 0 Å². The molecule has 0 aromatic rings. The summed E-state index contributed by atoms with van der Waals surface area (Å²) in [5, 5.41) is 8.85. The lowest BCUT2D eigenvalue weighted by Crippen LogP contribution is -2.48. The highest BCUT2D eigenvalue weighted by Crippen LogP contribution is 2.20. The molecule has 6 nitrogen and oxygen atoms in total. The fourth-order valence-electron chi connectivity index (χ4n) is 1.64. The van der Waals surface area contributed by atoms with Crippen LogP contribution in [0.3, 0.4) is 0 Å². The first-order valence-corrected chi connectivity index (χ1v) is 6.30. The number of carboxylic acid groups (broad SMARTS) is 1. The van der Waals surface area contributed by atoms with E-state index in [0.717, 1.165) is 4.31 Å². The molecule has 88 valence electrons. The molecule has 0 aromatic heterocycles. The van der Waals surface area contributed by atoms with Gasteiger partial charge in [-0.05, 0) is 26.7 Å². The Morgan fingerprint density at radius 2 is 2.13 bits per heavy atom. The summed E-state index contributed by atoms with van der Waals surface area (Å²) >= 11 is 0. The predicted molar refractivity (Wildman–Crippen MR) is 54.6 cm³/mol. The van der Waals surface area contributed by atoms with Gasteiger partial charge in [0.05, 0.1) is 0 Å². The molecule has 0 bridgehead atoms. The van der Waals surface area contributed by atoms with Gasteiger partial charge in [-0.1, -0.05) is 0 Å². The number of hydrogen-bond acceptors (Lipinski definition) is 3. The van der Waals surface area contributed by atoms with Gasteiger partial charge in [0.25, 0.3) is 10.2 Å². The first-order valence-electron chi connectivity index (χ1n) is 4.86. The van der Waals surface area contributed by atoms with E-state index < -0.39 is 22.2 Å². The standard InChI is InChI=1S/C8H16N2O4S/c1-6(2)9-15(13,14)10-5-3-4-7(10)8(11)12/h6-7,9H,3-5H2,1-2H3,(H,11,12). The van der Waals surface area contributed by atoms with Crippen LogP contribution in [0.25, 0.3) is 0 Å². The third-order valence-corrected chi connectivity index (χ3v) is 4.01. The Morgan fingerprint density at radius 1 is 1.53 bits per heavy atom. The third-order valence-electron chi connectivity index (χ3n) is 2.18. The van der Waals surface area contributed by atoms with Crippen LogP contribution in [-0.4, -0.2) is 42.4 Å². The molecule has 2 N–H and O–H groups in total. The van der Waals surface area contributed by atoms with Crippen molar-refractivity contribution in [1.29, 1.82) is 0 Å². The molecule has 0 aromatic carbocycles. The zero-order valence-corrected chi connectivity index (χ0v) is 9.62. The maximum atomic E-state index is 11.7. The normalized spacial score (nSPS) is 23.5. The lowest BCUT2D eigenvalue weighted by atomic mass is 10.2. The number of aliphatic carboxylic acids is 1. The van der Waals surface area contributed by atoms with Crippen molar-refractivity contribution in [1.82, 2.24) is 9.03 Å². The van der Waals surface area contributed by atoms with E-state index in [9.17, 15) is 13.2 Å². The summed E-state index contributed by atoms with van der Waals surface area (Å²) in [6.07, 6.45) is 0.976. The van der Waals surface area contributed by atoms with Gasteiger partial charge >= 0.3 is 5.97 Å². The van der Waals surface area contributed by atoms with E-state index in [1.54, 1.807) is 13.8 Å². The number of nitrogens with zero attached hydrogens (tertiary/aromatic N) is 1. The molecule has 0 amide bonds. The van der Waals surface area contributed by atoms with Crippen LogP contribution in [0.5, 0.6) is 0 Å². The third kappa shape index (κ3) is 2.90. The summed E-state index contributed by atoms with van der Waals surface area (Å²) in [6.45, 7) is 3.67. The molecule has 1 saturated heterocycles. The Balaban J connectivity index is 2.82. The maximum absolute atomic E-state index is 11.7. The molecule has 0 radical (unpaired) electrons. The second kappa shape index (κ2) is 4.46. The zero-order valence-electron chi connectivity index (χ0n) is 8.80. The van der Waals surface area contributed by atoms with Crippen molar-refractivity contribution in [2.75, 3.05) is 6.54 Å². The molecule has 1 rings (SSSR count). The van der Waals surface area contributed by atoms with Gasteiger partial charge < -0.3 is 5.11 Å². The van der Waals surface area contributed by atoms with Crippen LogP contribution in [0.1, 0.15) is 26.7 Å². The second-order valence-corrected chi connectivity index (χ2v) is 5.54. The van der Waals surface area contributed by atoms with E-state index in [0.29, 0.717) is 12.8 Å². The number of carbonyl (C=O) groups is 1. The first-order chi connectivity index (χ1) is 6.84. The van der Waals surface area contributed by atoms with E-state index in [1.807, 2.05) is 0 Å². The van der Waals surface area contributed by atoms with Crippen molar-refractivity contribution >= 4 is 16.2 Å². The monoisotopic (exact) mass is 236 g/mol. The topological polar surface area (TPSA) is 86.7 Å². The number of carboxylic acids is 1. The predicted octanol–water partition coefficient (Wildman–Crippen LogP) is -0.222. The van der Waals surface area contributed by atoms with Crippen molar-refractivity contribution in [2.45, 2.75) is 38.8 Å². The largest absolute Gasteiger partial charge is 0.480 e. The molecule has 1 fully saturated rings. The summed E-state index contributed by atoms with van der Waals surface area (Å²) in [7, 11) is -3.65. The number of rotatable bonds is 4. The quantitative estimate of drug-likeness (QED) is 0.706. The summed E-state index contributed by atoms with van der Waals surface area (Å²) < 4.78 is 26.8. The number of hydrogen-bond donors (Lipinski definition) is 2. The molecule has 0 aliphatic carbocycles. The fourth-order valence-corrected chi connectivity index (χ4v) is 3.27. The summed E-state index contributed by atoms with van der Waals surface area (Å²) in [4.78, 5) is 10.8. The molecule has 0 spiro atoms. The van der Waals surface area contributed by atoms with E-state index in [2.05, 4.69) is 4.72 Å². The molecule has 1 aliphatic heterocycles. The Hall–Kier alpha value is -0.660. The van der Waals surface area contributed by atoms with Gasteiger partial charge in [0.1, 0.15) is 6.04 Å². The maximum Gasteiger partial charge on any atom is 0.322 e. The van der Waals surface area contributed by atoms with Crippen LogP contribution >= 0.6 is 0 Å². The van der Waals surface area contributed by atoms with Gasteiger partial charge in [0.2, 0.25) is 0 Å². The summed E-state index contributed by atoms with van der Waals surface area (Å²) in [5.74, 6) is -1.08. The van der Waals surface area contributed by atoms with Crippen LogP contribution in [0.2, 0.25) is 0 Å². The van der Waals surface area contributed by atoms with Gasteiger partial charge in [-0.3, -0.25) is 4.79 Å². The molecule has 1 unspecified atom stereocenters. The van der Waals surface area contributed by atoms with E-state index >= 15 is 0 Å². The smallest absolute Gasteiger partial charge is 0.322 e. The lowest BCUT2D eigenvalue weighted by molar-refractivity contribution is -0.140. The molecule has 0 saturated carbocycles. The number of nitrogens with one attached hydrogen (secondary N) is 1. The van der Waals surface area contributed by atoms with E-state index in [4.69, 9.17) is 5.11 Å². The van der Waals surface area contributed by atoms with Crippen LogP contribution in [0.4, 0.5) is 0 Å². The van der Waals surface area contributed by atoms with Crippen LogP contribution in [0.15, 0.2) is 0 Å². The van der Waals surface area contributed by atoms with Crippen molar-refractivity contribution in [3.8, 4) is 0 Å². The zero-order chi connectivity index (χ0) is 11.6. The lowest BCUT2D eigenvalue weighted by Gasteiger charge is -2.22. The summed E-state index contributed by atoms with van der Waals surface area (Å²) in [5.41, 5.74) is 0. The van der Waals surface area contributed by atoms with Gasteiger partial charge in [-0.15, -0.1) is 0 Å². The Labute approximate surface area is 89.4 Å². The second-order valence-electron chi connectivity index (χ2n) is 3.88. The Bertz CT molecular complexity index is 339. The van der Waals surface area contributed by atoms with Crippen LogP contribution in [-0.2, 0) is 15.0 Å². The molecule has 7 heteroatoms. The molecule has 15 heavy (non-hydrogen) atoms. The minimum absolute atomic E-state index is 0.231. The van der Waals surface area contributed by atoms with Crippen molar-refractivity contribution in [2.24, 2.45) is 0 Å². The van der Waals surface area contributed by atoms with Gasteiger partial charge in [0, 0.05) is 12.6 Å². The van der Waals surface area contributed by atoms with Crippen molar-refractivity contribution in [3.05, 3.63) is 0 Å².